The summed E-state index contributed by atoms with van der Waals surface area (Å²) in [5, 5.41) is 5.68. The number of nitrogens with one attached hydrogen (secondary N) is 2. The van der Waals surface area contributed by atoms with E-state index in [4.69, 9.17) is 9.47 Å². The fraction of sp³-hybridized carbons (Fsp3) is 0.654. The molecule has 1 saturated carbocycles. The average Bonchev–Trinajstić information content (AvgIpc) is 3.58. The Morgan fingerprint density at radius 2 is 1.63 bits per heavy atom. The first-order chi connectivity index (χ1) is 17.0. The van der Waals surface area contributed by atoms with Gasteiger partial charge in [0.05, 0.1) is 12.2 Å². The van der Waals surface area contributed by atoms with Crippen LogP contribution in [0.25, 0.3) is 0 Å². The highest BCUT2D eigenvalue weighted by molar-refractivity contribution is 6.35. The second kappa shape index (κ2) is 12.4. The maximum atomic E-state index is 15.0. The van der Waals surface area contributed by atoms with Crippen molar-refractivity contribution in [3.8, 4) is 0 Å². The first-order valence-electron chi connectivity index (χ1n) is 12.9. The van der Waals surface area contributed by atoms with Gasteiger partial charge in [-0.05, 0) is 44.6 Å². The maximum Gasteiger partial charge on any atom is 0.312 e. The van der Waals surface area contributed by atoms with Gasteiger partial charge < -0.3 is 25.0 Å². The zero-order chi connectivity index (χ0) is 24.6. The number of ether oxygens (including phenoxy) is 2. The van der Waals surface area contributed by atoms with Crippen molar-refractivity contribution >= 4 is 17.7 Å². The fourth-order valence-corrected chi connectivity index (χ4v) is 5.20. The summed E-state index contributed by atoms with van der Waals surface area (Å²) < 4.78 is 26.3. The third kappa shape index (κ3) is 6.79. The molecule has 1 aliphatic carbocycles. The van der Waals surface area contributed by atoms with Crippen molar-refractivity contribution in [2.75, 3.05) is 26.3 Å². The van der Waals surface area contributed by atoms with E-state index >= 15 is 0 Å². The minimum Gasteiger partial charge on any atom is -0.376 e. The van der Waals surface area contributed by atoms with E-state index in [1.54, 1.807) is 6.07 Å². The molecule has 1 aromatic carbocycles. The average molecular weight is 490 g/mol. The quantitative estimate of drug-likeness (QED) is 0.548. The molecule has 0 bridgehead atoms. The molecule has 2 saturated heterocycles. The summed E-state index contributed by atoms with van der Waals surface area (Å²) in [5.41, 5.74) is 0.0501. The molecule has 2 aliphatic heterocycles. The minimum absolute atomic E-state index is 0.0310. The second-order valence-corrected chi connectivity index (χ2v) is 9.71. The van der Waals surface area contributed by atoms with Gasteiger partial charge in [-0.25, -0.2) is 4.39 Å². The normalized spacial score (nSPS) is 23.6. The molecule has 0 aromatic heterocycles. The Morgan fingerprint density at radius 3 is 2.29 bits per heavy atom. The van der Waals surface area contributed by atoms with Gasteiger partial charge in [-0.15, -0.1) is 0 Å². The van der Waals surface area contributed by atoms with Crippen molar-refractivity contribution in [1.82, 2.24) is 15.5 Å². The van der Waals surface area contributed by atoms with Crippen LogP contribution in [0.5, 0.6) is 0 Å². The molecule has 1 aromatic rings. The van der Waals surface area contributed by atoms with Crippen LogP contribution in [-0.2, 0) is 23.9 Å². The molecule has 3 aliphatic rings. The first kappa shape index (κ1) is 25.6. The number of halogens is 1. The Hall–Kier alpha value is -2.52. The van der Waals surface area contributed by atoms with Gasteiger partial charge in [0.2, 0.25) is 5.91 Å². The Bertz CT molecular complexity index is 879. The van der Waals surface area contributed by atoms with Crippen LogP contribution in [0.1, 0.15) is 69.4 Å². The van der Waals surface area contributed by atoms with Crippen LogP contribution >= 0.6 is 0 Å². The van der Waals surface area contributed by atoms with Gasteiger partial charge in [-0.1, -0.05) is 37.5 Å². The number of hydrogen-bond acceptors (Lipinski definition) is 5. The number of hydrogen-bond donors (Lipinski definition) is 2. The van der Waals surface area contributed by atoms with Crippen LogP contribution in [0.15, 0.2) is 24.3 Å². The molecule has 0 unspecified atom stereocenters. The largest absolute Gasteiger partial charge is 0.376 e. The highest BCUT2D eigenvalue weighted by Crippen LogP contribution is 2.27. The van der Waals surface area contributed by atoms with E-state index in [1.165, 1.54) is 23.1 Å². The lowest BCUT2D eigenvalue weighted by molar-refractivity contribution is -0.151. The monoisotopic (exact) mass is 489 g/mol. The molecule has 192 valence electrons. The fourth-order valence-electron chi connectivity index (χ4n) is 5.20. The molecular formula is C26H36FN3O5. The molecule has 4 rings (SSSR count). The standard InChI is InChI=1S/C26H36FN3O5/c27-22-13-5-4-12-21(22)23(24(31)28-16-19-10-6-14-34-19)30(17-20-11-7-15-35-20)26(33)25(32)29-18-8-2-1-3-9-18/h4-5,12-13,18-20,23H,1-3,6-11,14-17H2,(H,28,31)(H,29,32)/t19-,20+,23+/m1/s1. The van der Waals surface area contributed by atoms with Crippen LogP contribution in [0.4, 0.5) is 4.39 Å². The van der Waals surface area contributed by atoms with Crippen molar-refractivity contribution < 1.29 is 28.2 Å². The Morgan fingerprint density at radius 1 is 0.943 bits per heavy atom. The molecule has 0 spiro atoms. The summed E-state index contributed by atoms with van der Waals surface area (Å²) in [5.74, 6) is -2.75. The SMILES string of the molecule is O=C(NC1CCCCC1)C(=O)N(C[C@@H]1CCCO1)[C@H](C(=O)NC[C@H]1CCCO1)c1ccccc1F. The minimum atomic E-state index is -1.30. The zero-order valence-corrected chi connectivity index (χ0v) is 20.2. The smallest absolute Gasteiger partial charge is 0.312 e. The molecule has 0 radical (unpaired) electrons. The molecule has 3 amide bonds. The summed E-state index contributed by atoms with van der Waals surface area (Å²) in [7, 11) is 0. The zero-order valence-electron chi connectivity index (χ0n) is 20.2. The van der Waals surface area contributed by atoms with E-state index in [1.807, 2.05) is 0 Å². The van der Waals surface area contributed by atoms with Gasteiger partial charge in [0.15, 0.2) is 0 Å². The van der Waals surface area contributed by atoms with E-state index in [0.717, 1.165) is 51.4 Å². The predicted molar refractivity (Wildman–Crippen MR) is 127 cm³/mol. The lowest BCUT2D eigenvalue weighted by Crippen LogP contribution is -2.53. The number of nitrogens with zero attached hydrogens (tertiary/aromatic N) is 1. The van der Waals surface area contributed by atoms with E-state index in [9.17, 15) is 18.8 Å². The molecule has 3 atom stereocenters. The summed E-state index contributed by atoms with van der Waals surface area (Å²) in [6.07, 6.45) is 7.61. The summed E-state index contributed by atoms with van der Waals surface area (Å²) in [6, 6.07) is 4.53. The van der Waals surface area contributed by atoms with E-state index in [-0.39, 0.29) is 36.9 Å². The van der Waals surface area contributed by atoms with Crippen molar-refractivity contribution in [2.45, 2.75) is 82.1 Å². The van der Waals surface area contributed by atoms with Crippen molar-refractivity contribution in [3.05, 3.63) is 35.6 Å². The third-order valence-electron chi connectivity index (χ3n) is 7.11. The molecule has 35 heavy (non-hydrogen) atoms. The van der Waals surface area contributed by atoms with Crippen LogP contribution in [0.3, 0.4) is 0 Å². The lowest BCUT2D eigenvalue weighted by atomic mass is 9.95. The van der Waals surface area contributed by atoms with Gasteiger partial charge in [0, 0.05) is 37.9 Å². The van der Waals surface area contributed by atoms with Crippen molar-refractivity contribution in [3.63, 3.8) is 0 Å². The molecule has 9 heteroatoms. The Balaban J connectivity index is 1.58. The number of benzene rings is 1. The van der Waals surface area contributed by atoms with Gasteiger partial charge in [-0.3, -0.25) is 14.4 Å². The molecule has 2 heterocycles. The van der Waals surface area contributed by atoms with E-state index < -0.39 is 29.6 Å². The summed E-state index contributed by atoms with van der Waals surface area (Å²) in [6.45, 7) is 1.49. The van der Waals surface area contributed by atoms with Crippen molar-refractivity contribution in [2.24, 2.45) is 0 Å². The summed E-state index contributed by atoms with van der Waals surface area (Å²) in [4.78, 5) is 41.3. The number of carbonyl (C=O) groups excluding carboxylic acids is 3. The molecule has 3 fully saturated rings. The van der Waals surface area contributed by atoms with Gasteiger partial charge in [0.1, 0.15) is 11.9 Å². The van der Waals surface area contributed by atoms with Crippen LogP contribution in [-0.4, -0.2) is 67.2 Å². The van der Waals surface area contributed by atoms with Crippen LogP contribution in [0.2, 0.25) is 0 Å². The summed E-state index contributed by atoms with van der Waals surface area (Å²) >= 11 is 0. The predicted octanol–water partition coefficient (Wildman–Crippen LogP) is 2.62. The molecular weight excluding hydrogens is 453 g/mol. The van der Waals surface area contributed by atoms with Gasteiger partial charge >= 0.3 is 11.8 Å². The Kier molecular flexibility index (Phi) is 9.09. The molecule has 8 nitrogen and oxygen atoms in total. The Labute approximate surface area is 205 Å². The van der Waals surface area contributed by atoms with Crippen LogP contribution < -0.4 is 10.6 Å². The highest BCUT2D eigenvalue weighted by atomic mass is 19.1. The lowest BCUT2D eigenvalue weighted by Gasteiger charge is -2.33. The van der Waals surface area contributed by atoms with E-state index in [0.29, 0.717) is 19.6 Å². The highest BCUT2D eigenvalue weighted by Gasteiger charge is 2.39. The second-order valence-electron chi connectivity index (χ2n) is 9.71. The molecule has 2 N–H and O–H groups in total. The maximum absolute atomic E-state index is 15.0. The third-order valence-corrected chi connectivity index (χ3v) is 7.11. The van der Waals surface area contributed by atoms with Crippen molar-refractivity contribution in [1.29, 1.82) is 0 Å². The number of rotatable bonds is 8. The van der Waals surface area contributed by atoms with Gasteiger partial charge in [-0.2, -0.15) is 0 Å². The number of carbonyl (C=O) groups is 3. The number of amides is 3. The van der Waals surface area contributed by atoms with Crippen LogP contribution in [0, 0.1) is 5.82 Å². The topological polar surface area (TPSA) is 97.0 Å². The van der Waals surface area contributed by atoms with E-state index in [2.05, 4.69) is 10.6 Å². The van der Waals surface area contributed by atoms with Gasteiger partial charge in [0.25, 0.3) is 0 Å². The first-order valence-corrected chi connectivity index (χ1v) is 12.9.